The van der Waals surface area contributed by atoms with Crippen molar-refractivity contribution in [1.82, 2.24) is 9.62 Å². The third-order valence-electron chi connectivity index (χ3n) is 5.86. The molecule has 1 heterocycles. The molecule has 2 N–H and O–H groups in total. The number of rotatable bonds is 9. The second-order valence-corrected chi connectivity index (χ2v) is 10.2. The molecule has 0 bridgehead atoms. The molecular formula is C28H28N2O5S. The zero-order chi connectivity index (χ0) is 25.4. The van der Waals surface area contributed by atoms with Gasteiger partial charge in [-0.05, 0) is 73.5 Å². The quantitative estimate of drug-likeness (QED) is 0.420. The third-order valence-corrected chi connectivity index (χ3v) is 7.35. The van der Waals surface area contributed by atoms with E-state index >= 15 is 0 Å². The molecule has 0 spiro atoms. The summed E-state index contributed by atoms with van der Waals surface area (Å²) in [5, 5.41) is 9.49. The molecule has 0 saturated carbocycles. The summed E-state index contributed by atoms with van der Waals surface area (Å²) in [5.74, 6) is 5.93. The van der Waals surface area contributed by atoms with Gasteiger partial charge in [-0.25, -0.2) is 8.42 Å². The van der Waals surface area contributed by atoms with Gasteiger partial charge in [-0.2, -0.15) is 4.72 Å². The summed E-state index contributed by atoms with van der Waals surface area (Å²) in [4.78, 5) is 13.8. The number of aliphatic carboxylic acids is 1. The van der Waals surface area contributed by atoms with Crippen LogP contribution in [0.1, 0.15) is 19.3 Å². The monoisotopic (exact) mass is 504 g/mol. The lowest BCUT2D eigenvalue weighted by molar-refractivity contribution is -0.138. The smallest absolute Gasteiger partial charge is 0.322 e. The maximum absolute atomic E-state index is 12.8. The Bertz CT molecular complexity index is 1320. The highest BCUT2D eigenvalue weighted by Crippen LogP contribution is 2.26. The number of para-hydroxylation sites is 1. The van der Waals surface area contributed by atoms with E-state index in [1.54, 1.807) is 12.1 Å². The molecule has 1 fully saturated rings. The molecule has 0 aromatic heterocycles. The predicted molar refractivity (Wildman–Crippen MR) is 138 cm³/mol. The van der Waals surface area contributed by atoms with Gasteiger partial charge >= 0.3 is 5.97 Å². The van der Waals surface area contributed by atoms with E-state index in [-0.39, 0.29) is 11.3 Å². The molecule has 1 atom stereocenters. The van der Waals surface area contributed by atoms with E-state index in [1.165, 1.54) is 12.1 Å². The summed E-state index contributed by atoms with van der Waals surface area (Å²) in [6.45, 7) is 2.55. The normalized spacial score (nSPS) is 14.6. The first-order valence-electron chi connectivity index (χ1n) is 11.8. The van der Waals surface area contributed by atoms with Crippen LogP contribution in [0.3, 0.4) is 0 Å². The van der Waals surface area contributed by atoms with E-state index < -0.39 is 22.0 Å². The van der Waals surface area contributed by atoms with Crippen molar-refractivity contribution in [2.75, 3.05) is 19.6 Å². The molecule has 1 aliphatic heterocycles. The van der Waals surface area contributed by atoms with E-state index in [1.807, 2.05) is 54.6 Å². The minimum atomic E-state index is -4.03. The second kappa shape index (κ2) is 11.9. The fourth-order valence-corrected chi connectivity index (χ4v) is 5.07. The minimum Gasteiger partial charge on any atom is -0.480 e. The van der Waals surface area contributed by atoms with E-state index in [0.717, 1.165) is 42.8 Å². The zero-order valence-electron chi connectivity index (χ0n) is 19.8. The number of benzene rings is 3. The molecule has 0 amide bonds. The van der Waals surface area contributed by atoms with Gasteiger partial charge in [0.1, 0.15) is 17.5 Å². The number of nitrogens with zero attached hydrogens (tertiary/aromatic N) is 1. The van der Waals surface area contributed by atoms with Gasteiger partial charge in [0.15, 0.2) is 0 Å². The molecule has 4 rings (SSSR count). The van der Waals surface area contributed by atoms with E-state index in [0.29, 0.717) is 12.3 Å². The maximum atomic E-state index is 12.8. The van der Waals surface area contributed by atoms with Gasteiger partial charge in [-0.3, -0.25) is 9.69 Å². The van der Waals surface area contributed by atoms with Crippen molar-refractivity contribution >= 4 is 16.0 Å². The number of carboxylic acids is 1. The Morgan fingerprint density at radius 3 is 2.08 bits per heavy atom. The van der Waals surface area contributed by atoms with Gasteiger partial charge in [0, 0.05) is 6.42 Å². The van der Waals surface area contributed by atoms with Crippen LogP contribution in [0, 0.1) is 11.8 Å². The Morgan fingerprint density at radius 1 is 0.889 bits per heavy atom. The van der Waals surface area contributed by atoms with Crippen LogP contribution in [0.2, 0.25) is 0 Å². The van der Waals surface area contributed by atoms with Crippen molar-refractivity contribution in [1.29, 1.82) is 0 Å². The van der Waals surface area contributed by atoms with Crippen LogP contribution < -0.4 is 9.46 Å². The number of hydrogen-bond acceptors (Lipinski definition) is 5. The first-order chi connectivity index (χ1) is 17.4. The van der Waals surface area contributed by atoms with Crippen LogP contribution in [0.25, 0.3) is 11.1 Å². The lowest BCUT2D eigenvalue weighted by Crippen LogP contribution is -2.40. The summed E-state index contributed by atoms with van der Waals surface area (Å²) >= 11 is 0. The fraction of sp³-hybridized carbons (Fsp3) is 0.250. The molecule has 0 aliphatic carbocycles. The van der Waals surface area contributed by atoms with Gasteiger partial charge in [-0.15, -0.1) is 0 Å². The molecule has 36 heavy (non-hydrogen) atoms. The average Bonchev–Trinajstić information content (AvgIpc) is 3.40. The summed E-state index contributed by atoms with van der Waals surface area (Å²) in [6, 6.07) is 21.9. The van der Waals surface area contributed by atoms with Crippen LogP contribution in [0.5, 0.6) is 11.5 Å². The van der Waals surface area contributed by atoms with Gasteiger partial charge in [0.25, 0.3) is 0 Å². The van der Waals surface area contributed by atoms with Crippen LogP contribution in [0.4, 0.5) is 0 Å². The Morgan fingerprint density at radius 2 is 1.47 bits per heavy atom. The summed E-state index contributed by atoms with van der Waals surface area (Å²) in [7, 11) is -4.03. The molecule has 0 radical (unpaired) electrons. The topological polar surface area (TPSA) is 95.9 Å². The van der Waals surface area contributed by atoms with Crippen molar-refractivity contribution in [2.45, 2.75) is 30.2 Å². The molecule has 8 heteroatoms. The van der Waals surface area contributed by atoms with Gasteiger partial charge in [0.05, 0.1) is 11.4 Å². The number of carbonyl (C=O) groups is 1. The van der Waals surface area contributed by atoms with Crippen molar-refractivity contribution < 1.29 is 23.1 Å². The van der Waals surface area contributed by atoms with Crippen LogP contribution in [-0.2, 0) is 14.8 Å². The van der Waals surface area contributed by atoms with Crippen molar-refractivity contribution in [3.63, 3.8) is 0 Å². The first kappa shape index (κ1) is 25.5. The van der Waals surface area contributed by atoms with Gasteiger partial charge in [0.2, 0.25) is 10.0 Å². The lowest BCUT2D eigenvalue weighted by Gasteiger charge is -2.13. The number of nitrogens with one attached hydrogen (secondary N) is 1. The summed E-state index contributed by atoms with van der Waals surface area (Å²) < 4.78 is 33.7. The summed E-state index contributed by atoms with van der Waals surface area (Å²) in [5.41, 5.74) is 1.71. The largest absolute Gasteiger partial charge is 0.480 e. The zero-order valence-corrected chi connectivity index (χ0v) is 20.6. The van der Waals surface area contributed by atoms with E-state index in [9.17, 15) is 18.3 Å². The van der Waals surface area contributed by atoms with Crippen molar-refractivity contribution in [3.05, 3.63) is 78.9 Å². The number of sulfonamides is 1. The highest BCUT2D eigenvalue weighted by atomic mass is 32.2. The van der Waals surface area contributed by atoms with Crippen LogP contribution >= 0.6 is 0 Å². The Kier molecular flexibility index (Phi) is 8.39. The van der Waals surface area contributed by atoms with Crippen molar-refractivity contribution in [3.8, 4) is 34.5 Å². The summed E-state index contributed by atoms with van der Waals surface area (Å²) in [6.07, 6.45) is 2.19. The second-order valence-electron chi connectivity index (χ2n) is 8.52. The molecule has 1 saturated heterocycles. The number of ether oxygens (including phenoxy) is 1. The highest BCUT2D eigenvalue weighted by Gasteiger charge is 2.24. The SMILES string of the molecule is O=C(O)C(CC#CCN1CCCC1)NS(=O)(=O)c1ccc(-c2ccc(Oc3ccccc3)cc2)cc1. The maximum Gasteiger partial charge on any atom is 0.322 e. The average molecular weight is 505 g/mol. The molecule has 1 unspecified atom stereocenters. The number of likely N-dealkylation sites (tertiary alicyclic amines) is 1. The van der Waals surface area contributed by atoms with E-state index in [2.05, 4.69) is 21.5 Å². The number of hydrogen-bond donors (Lipinski definition) is 2. The fourth-order valence-electron chi connectivity index (χ4n) is 3.88. The molecule has 7 nitrogen and oxygen atoms in total. The van der Waals surface area contributed by atoms with Gasteiger partial charge in [-0.1, -0.05) is 54.3 Å². The van der Waals surface area contributed by atoms with Crippen molar-refractivity contribution in [2.24, 2.45) is 0 Å². The lowest BCUT2D eigenvalue weighted by atomic mass is 10.1. The predicted octanol–water partition coefficient (Wildman–Crippen LogP) is 4.37. The molecule has 186 valence electrons. The minimum absolute atomic E-state index is 0.00782. The standard InChI is InChI=1S/C28H28N2O5S/c31-28(32)27(10-4-5-19-30-20-6-7-21-30)29-36(33,34)26-17-13-23(14-18-26)22-11-15-25(16-12-22)35-24-8-2-1-3-9-24/h1-3,8-9,11-18,27,29H,6-7,10,19-21H2,(H,31,32). The molecule has 3 aromatic rings. The third kappa shape index (κ3) is 6.95. The Hall–Kier alpha value is -3.64. The number of carboxylic acid groups (broad SMARTS) is 1. The Labute approximate surface area is 211 Å². The Balaban J connectivity index is 1.38. The van der Waals surface area contributed by atoms with E-state index in [4.69, 9.17) is 4.74 Å². The van der Waals surface area contributed by atoms with Crippen LogP contribution in [-0.4, -0.2) is 50.1 Å². The first-order valence-corrected chi connectivity index (χ1v) is 13.3. The van der Waals surface area contributed by atoms with Crippen LogP contribution in [0.15, 0.2) is 83.8 Å². The highest BCUT2D eigenvalue weighted by molar-refractivity contribution is 7.89. The van der Waals surface area contributed by atoms with Gasteiger partial charge < -0.3 is 9.84 Å². The molecule has 3 aromatic carbocycles. The molecule has 1 aliphatic rings. The molecular weight excluding hydrogens is 476 g/mol.